The second kappa shape index (κ2) is 8.78. The Morgan fingerprint density at radius 3 is 2.62 bits per heavy atom. The molecule has 0 amide bonds. The summed E-state index contributed by atoms with van der Waals surface area (Å²) in [7, 11) is 1.37. The number of rotatable bonds is 8. The van der Waals surface area contributed by atoms with Gasteiger partial charge in [0.2, 0.25) is 0 Å². The number of nitro benzene ring substituents is 1. The van der Waals surface area contributed by atoms with Crippen molar-refractivity contribution in [2.24, 2.45) is 0 Å². The average molecular weight is 399 g/mol. The number of methoxy groups -OCH3 is 1. The number of benzene rings is 2. The van der Waals surface area contributed by atoms with Crippen molar-refractivity contribution < 1.29 is 23.9 Å². The Hall–Kier alpha value is -4.02. The third-order valence-corrected chi connectivity index (χ3v) is 3.87. The maximum Gasteiger partial charge on any atom is 0.345 e. The topological polar surface area (TPSA) is 132 Å². The normalized spacial score (nSPS) is 10.4. The van der Waals surface area contributed by atoms with Crippen LogP contribution in [-0.2, 0) is 11.3 Å². The molecule has 0 unspecified atom stereocenters. The zero-order chi connectivity index (χ0) is 20.8. The zero-order valence-corrected chi connectivity index (χ0v) is 15.6. The van der Waals surface area contributed by atoms with E-state index >= 15 is 0 Å². The highest BCUT2D eigenvalue weighted by Crippen LogP contribution is 2.35. The molecule has 29 heavy (non-hydrogen) atoms. The fraction of sp³-hybridized carbons (Fsp3) is 0.222. The Bertz CT molecular complexity index is 1020. The molecule has 3 aromatic rings. The van der Waals surface area contributed by atoms with Crippen LogP contribution in [0.25, 0.3) is 5.69 Å². The lowest BCUT2D eigenvalue weighted by Crippen LogP contribution is -2.12. The van der Waals surface area contributed by atoms with Gasteiger partial charge in [-0.05, 0) is 29.5 Å². The average Bonchev–Trinajstić information content (AvgIpc) is 3.21. The van der Waals surface area contributed by atoms with Crippen molar-refractivity contribution in [1.29, 1.82) is 0 Å². The maximum atomic E-state index is 12.5. The van der Waals surface area contributed by atoms with Crippen LogP contribution in [0.4, 0.5) is 5.69 Å². The fourth-order valence-corrected chi connectivity index (χ4v) is 2.56. The van der Waals surface area contributed by atoms with Gasteiger partial charge in [-0.15, -0.1) is 5.10 Å². The number of ether oxygens (including phenoxy) is 3. The predicted molar refractivity (Wildman–Crippen MR) is 99.1 cm³/mol. The summed E-state index contributed by atoms with van der Waals surface area (Å²) in [5.74, 6) is -0.324. The number of carbonyl (C=O) groups excluding carboxylic acids is 1. The molecule has 1 heterocycles. The predicted octanol–water partition coefficient (Wildman–Crippen LogP) is 2.33. The largest absolute Gasteiger partial charge is 0.493 e. The van der Waals surface area contributed by atoms with Crippen LogP contribution in [-0.4, -0.2) is 44.8 Å². The van der Waals surface area contributed by atoms with Crippen LogP contribution in [0.5, 0.6) is 11.5 Å². The highest BCUT2D eigenvalue weighted by Gasteiger charge is 2.26. The summed E-state index contributed by atoms with van der Waals surface area (Å²) in [6.45, 7) is 1.72. The van der Waals surface area contributed by atoms with E-state index in [1.165, 1.54) is 17.9 Å². The molecular formula is C18H17N5O6. The van der Waals surface area contributed by atoms with Crippen LogP contribution in [0.1, 0.15) is 23.1 Å². The van der Waals surface area contributed by atoms with Crippen LogP contribution in [0.15, 0.2) is 42.5 Å². The van der Waals surface area contributed by atoms with E-state index in [-0.39, 0.29) is 36.1 Å². The van der Waals surface area contributed by atoms with E-state index < -0.39 is 16.6 Å². The van der Waals surface area contributed by atoms with Gasteiger partial charge >= 0.3 is 5.97 Å². The summed E-state index contributed by atoms with van der Waals surface area (Å²) in [6, 6.07) is 11.4. The molecule has 1 aromatic heterocycles. The van der Waals surface area contributed by atoms with Crippen LogP contribution in [0, 0.1) is 10.1 Å². The molecule has 11 heteroatoms. The second-order valence-corrected chi connectivity index (χ2v) is 5.63. The lowest BCUT2D eigenvalue weighted by atomic mass is 10.1. The molecule has 2 aromatic carbocycles. The quantitative estimate of drug-likeness (QED) is 0.318. The lowest BCUT2D eigenvalue weighted by molar-refractivity contribution is -0.385. The standard InChI is InChI=1S/C18H17N5O6/c1-3-28-16-10-14(23(25)26)13(9-15(16)27-2)18(24)29-11-17-19-20-21-22(17)12-7-5-4-6-8-12/h4-10H,3,11H2,1-2H3. The van der Waals surface area contributed by atoms with Gasteiger partial charge < -0.3 is 14.2 Å². The number of carbonyl (C=O) groups is 1. The van der Waals surface area contributed by atoms with Crippen molar-refractivity contribution in [3.05, 3.63) is 64.0 Å². The minimum absolute atomic E-state index is 0.159. The summed E-state index contributed by atoms with van der Waals surface area (Å²) in [6.07, 6.45) is 0. The van der Waals surface area contributed by atoms with E-state index in [2.05, 4.69) is 15.5 Å². The van der Waals surface area contributed by atoms with E-state index in [0.717, 1.165) is 6.07 Å². The number of esters is 1. The monoisotopic (exact) mass is 399 g/mol. The first-order valence-electron chi connectivity index (χ1n) is 8.54. The Kier molecular flexibility index (Phi) is 5.97. The van der Waals surface area contributed by atoms with Crippen LogP contribution < -0.4 is 9.47 Å². The number of tetrazole rings is 1. The number of hydrogen-bond acceptors (Lipinski definition) is 9. The molecule has 0 atom stereocenters. The van der Waals surface area contributed by atoms with Crippen molar-refractivity contribution in [2.75, 3.05) is 13.7 Å². The van der Waals surface area contributed by atoms with E-state index in [1.54, 1.807) is 19.1 Å². The van der Waals surface area contributed by atoms with Crippen LogP contribution in [0.3, 0.4) is 0 Å². The molecular weight excluding hydrogens is 382 g/mol. The maximum absolute atomic E-state index is 12.5. The third kappa shape index (κ3) is 4.29. The molecule has 0 fully saturated rings. The van der Waals surface area contributed by atoms with Gasteiger partial charge in [0.15, 0.2) is 23.9 Å². The summed E-state index contributed by atoms with van der Waals surface area (Å²) >= 11 is 0. The van der Waals surface area contributed by atoms with Crippen molar-refractivity contribution >= 4 is 11.7 Å². The molecule has 0 saturated heterocycles. The fourth-order valence-electron chi connectivity index (χ4n) is 2.56. The molecule has 0 spiro atoms. The summed E-state index contributed by atoms with van der Waals surface area (Å²) in [4.78, 5) is 23.3. The smallest absolute Gasteiger partial charge is 0.345 e. The van der Waals surface area contributed by atoms with Gasteiger partial charge in [0.05, 0.1) is 30.4 Å². The minimum atomic E-state index is -0.916. The molecule has 3 rings (SSSR count). The molecule has 0 aliphatic carbocycles. The van der Waals surface area contributed by atoms with Gasteiger partial charge in [0.1, 0.15) is 5.56 Å². The summed E-state index contributed by atoms with van der Waals surface area (Å²) in [5, 5.41) is 22.7. The molecule has 0 radical (unpaired) electrons. The zero-order valence-electron chi connectivity index (χ0n) is 15.6. The van der Waals surface area contributed by atoms with Crippen molar-refractivity contribution in [3.63, 3.8) is 0 Å². The Morgan fingerprint density at radius 2 is 1.97 bits per heavy atom. The van der Waals surface area contributed by atoms with Gasteiger partial charge in [-0.1, -0.05) is 18.2 Å². The molecule has 11 nitrogen and oxygen atoms in total. The first-order chi connectivity index (χ1) is 14.0. The minimum Gasteiger partial charge on any atom is -0.493 e. The SMILES string of the molecule is CCOc1cc([N+](=O)[O-])c(C(=O)OCc2nnnn2-c2ccccc2)cc1OC. The van der Waals surface area contributed by atoms with Crippen LogP contribution in [0.2, 0.25) is 0 Å². The second-order valence-electron chi connectivity index (χ2n) is 5.63. The third-order valence-electron chi connectivity index (χ3n) is 3.87. The van der Waals surface area contributed by atoms with Crippen molar-refractivity contribution in [2.45, 2.75) is 13.5 Å². The van der Waals surface area contributed by atoms with Crippen molar-refractivity contribution in [3.8, 4) is 17.2 Å². The van der Waals surface area contributed by atoms with Crippen molar-refractivity contribution in [1.82, 2.24) is 20.2 Å². The van der Waals surface area contributed by atoms with E-state index in [0.29, 0.717) is 5.69 Å². The van der Waals surface area contributed by atoms with Crippen LogP contribution >= 0.6 is 0 Å². The highest BCUT2D eigenvalue weighted by atomic mass is 16.6. The van der Waals surface area contributed by atoms with Gasteiger partial charge in [0.25, 0.3) is 5.69 Å². The molecule has 0 bridgehead atoms. The molecule has 0 N–H and O–H groups in total. The Morgan fingerprint density at radius 1 is 1.21 bits per heavy atom. The lowest BCUT2D eigenvalue weighted by Gasteiger charge is -2.11. The number of para-hydroxylation sites is 1. The van der Waals surface area contributed by atoms with E-state index in [1.807, 2.05) is 18.2 Å². The molecule has 150 valence electrons. The number of hydrogen-bond donors (Lipinski definition) is 0. The van der Waals surface area contributed by atoms with Gasteiger partial charge in [-0.2, -0.15) is 4.68 Å². The van der Waals surface area contributed by atoms with E-state index in [4.69, 9.17) is 14.2 Å². The Balaban J connectivity index is 1.85. The van der Waals surface area contributed by atoms with Gasteiger partial charge in [0, 0.05) is 6.07 Å². The highest BCUT2D eigenvalue weighted by molar-refractivity contribution is 5.95. The Labute approximate surface area is 165 Å². The first-order valence-corrected chi connectivity index (χ1v) is 8.54. The van der Waals surface area contributed by atoms with Gasteiger partial charge in [-0.25, -0.2) is 4.79 Å². The number of nitro groups is 1. The first kappa shape index (κ1) is 19.7. The summed E-state index contributed by atoms with van der Waals surface area (Å²) < 4.78 is 17.1. The molecule has 0 aliphatic rings. The summed E-state index contributed by atoms with van der Waals surface area (Å²) in [5.41, 5.74) is -0.0480. The molecule has 0 saturated carbocycles. The van der Waals surface area contributed by atoms with Gasteiger partial charge in [-0.3, -0.25) is 10.1 Å². The van der Waals surface area contributed by atoms with E-state index in [9.17, 15) is 14.9 Å². The number of aromatic nitrogens is 4. The molecule has 0 aliphatic heterocycles. The number of nitrogens with zero attached hydrogens (tertiary/aromatic N) is 5.